The SMILES string of the molecule is CC(=O)NCCNCc1cc(Cl)ccc1Br. The van der Waals surface area contributed by atoms with Crippen LogP contribution in [0.5, 0.6) is 0 Å². The standard InChI is InChI=1S/C11H14BrClN2O/c1-8(16)15-5-4-14-7-9-6-10(13)2-3-11(9)12/h2-3,6,14H,4-5,7H2,1H3,(H,15,16). The minimum atomic E-state index is -0.00858. The summed E-state index contributed by atoms with van der Waals surface area (Å²) in [6.45, 7) is 3.60. The second-order valence-corrected chi connectivity index (χ2v) is 4.69. The van der Waals surface area contributed by atoms with Gasteiger partial charge in [0.15, 0.2) is 0 Å². The van der Waals surface area contributed by atoms with Crippen molar-refractivity contribution in [2.24, 2.45) is 0 Å². The molecule has 0 radical (unpaired) electrons. The number of hydrogen-bond donors (Lipinski definition) is 2. The maximum absolute atomic E-state index is 10.6. The van der Waals surface area contributed by atoms with Gasteiger partial charge in [0.2, 0.25) is 5.91 Å². The lowest BCUT2D eigenvalue weighted by molar-refractivity contribution is -0.118. The maximum Gasteiger partial charge on any atom is 0.216 e. The van der Waals surface area contributed by atoms with E-state index in [2.05, 4.69) is 26.6 Å². The number of nitrogens with one attached hydrogen (secondary N) is 2. The third kappa shape index (κ3) is 4.96. The number of hydrogen-bond acceptors (Lipinski definition) is 2. The molecule has 0 saturated carbocycles. The zero-order chi connectivity index (χ0) is 12.0. The van der Waals surface area contributed by atoms with Crippen LogP contribution >= 0.6 is 27.5 Å². The first kappa shape index (κ1) is 13.5. The normalized spacial score (nSPS) is 10.2. The molecule has 2 N–H and O–H groups in total. The van der Waals surface area contributed by atoms with Gasteiger partial charge in [-0.05, 0) is 23.8 Å². The van der Waals surface area contributed by atoms with Crippen LogP contribution in [0.25, 0.3) is 0 Å². The van der Waals surface area contributed by atoms with Crippen LogP contribution in [0.15, 0.2) is 22.7 Å². The van der Waals surface area contributed by atoms with Crippen LogP contribution in [-0.2, 0) is 11.3 Å². The van der Waals surface area contributed by atoms with Crippen LogP contribution in [0.2, 0.25) is 5.02 Å². The van der Waals surface area contributed by atoms with Gasteiger partial charge in [-0.1, -0.05) is 27.5 Å². The van der Waals surface area contributed by atoms with Crippen molar-refractivity contribution in [2.45, 2.75) is 13.5 Å². The maximum atomic E-state index is 10.6. The van der Waals surface area contributed by atoms with E-state index in [0.717, 1.165) is 28.1 Å². The molecule has 1 amide bonds. The van der Waals surface area contributed by atoms with Gasteiger partial charge in [-0.15, -0.1) is 0 Å². The van der Waals surface area contributed by atoms with E-state index in [0.29, 0.717) is 6.54 Å². The molecule has 3 nitrogen and oxygen atoms in total. The van der Waals surface area contributed by atoms with Crippen molar-refractivity contribution in [3.63, 3.8) is 0 Å². The van der Waals surface area contributed by atoms with Gasteiger partial charge in [-0.2, -0.15) is 0 Å². The Bertz CT molecular complexity index is 371. The van der Waals surface area contributed by atoms with Gasteiger partial charge in [0, 0.05) is 36.1 Å². The average Bonchev–Trinajstić information content (AvgIpc) is 2.22. The largest absolute Gasteiger partial charge is 0.355 e. The Hall–Kier alpha value is -0.580. The van der Waals surface area contributed by atoms with Gasteiger partial charge in [0.25, 0.3) is 0 Å². The number of carbonyl (C=O) groups excluding carboxylic acids is 1. The van der Waals surface area contributed by atoms with Crippen LogP contribution < -0.4 is 10.6 Å². The van der Waals surface area contributed by atoms with Crippen molar-refractivity contribution in [1.29, 1.82) is 0 Å². The first-order valence-corrected chi connectivity index (χ1v) is 6.16. The van der Waals surface area contributed by atoms with Crippen molar-refractivity contribution in [2.75, 3.05) is 13.1 Å². The Balaban J connectivity index is 2.31. The fraction of sp³-hybridized carbons (Fsp3) is 0.364. The summed E-state index contributed by atoms with van der Waals surface area (Å²) in [5, 5.41) is 6.66. The highest BCUT2D eigenvalue weighted by molar-refractivity contribution is 9.10. The second kappa shape index (κ2) is 6.89. The average molecular weight is 306 g/mol. The predicted octanol–water partition coefficient (Wildman–Crippen LogP) is 2.33. The summed E-state index contributed by atoms with van der Waals surface area (Å²) < 4.78 is 1.03. The van der Waals surface area contributed by atoms with Crippen molar-refractivity contribution < 1.29 is 4.79 Å². The fourth-order valence-electron chi connectivity index (χ4n) is 1.23. The molecule has 0 unspecified atom stereocenters. The lowest BCUT2D eigenvalue weighted by Gasteiger charge is -2.07. The molecule has 1 aromatic carbocycles. The van der Waals surface area contributed by atoms with E-state index in [1.54, 1.807) is 0 Å². The Morgan fingerprint density at radius 1 is 1.44 bits per heavy atom. The molecule has 88 valence electrons. The molecule has 0 spiro atoms. The zero-order valence-electron chi connectivity index (χ0n) is 9.02. The van der Waals surface area contributed by atoms with Gasteiger partial charge < -0.3 is 10.6 Å². The Morgan fingerprint density at radius 3 is 2.88 bits per heavy atom. The molecule has 5 heteroatoms. The molecule has 0 atom stereocenters. The van der Waals surface area contributed by atoms with Crippen LogP contribution in [0.4, 0.5) is 0 Å². The fourth-order valence-corrected chi connectivity index (χ4v) is 1.81. The smallest absolute Gasteiger partial charge is 0.216 e. The Kier molecular flexibility index (Phi) is 5.80. The van der Waals surface area contributed by atoms with Crippen molar-refractivity contribution in [3.8, 4) is 0 Å². The predicted molar refractivity (Wildman–Crippen MR) is 69.5 cm³/mol. The molecule has 0 saturated heterocycles. The summed E-state index contributed by atoms with van der Waals surface area (Å²) in [7, 11) is 0. The monoisotopic (exact) mass is 304 g/mol. The lowest BCUT2D eigenvalue weighted by atomic mass is 10.2. The van der Waals surface area contributed by atoms with E-state index >= 15 is 0 Å². The van der Waals surface area contributed by atoms with Crippen molar-refractivity contribution >= 4 is 33.4 Å². The van der Waals surface area contributed by atoms with Crippen LogP contribution in [0.3, 0.4) is 0 Å². The van der Waals surface area contributed by atoms with E-state index in [1.807, 2.05) is 18.2 Å². The molecular formula is C11H14BrClN2O. The summed E-state index contributed by atoms with van der Waals surface area (Å²) in [6.07, 6.45) is 0. The number of carbonyl (C=O) groups is 1. The molecule has 0 aromatic heterocycles. The molecule has 1 rings (SSSR count). The van der Waals surface area contributed by atoms with Gasteiger partial charge in [0.05, 0.1) is 0 Å². The highest BCUT2D eigenvalue weighted by Gasteiger charge is 2.00. The molecule has 0 heterocycles. The van der Waals surface area contributed by atoms with E-state index in [-0.39, 0.29) is 5.91 Å². The van der Waals surface area contributed by atoms with Crippen molar-refractivity contribution in [1.82, 2.24) is 10.6 Å². The summed E-state index contributed by atoms with van der Waals surface area (Å²) in [5.74, 6) is -0.00858. The van der Waals surface area contributed by atoms with E-state index in [9.17, 15) is 4.79 Å². The highest BCUT2D eigenvalue weighted by Crippen LogP contribution is 2.20. The van der Waals surface area contributed by atoms with Crippen LogP contribution in [0.1, 0.15) is 12.5 Å². The molecule has 16 heavy (non-hydrogen) atoms. The van der Waals surface area contributed by atoms with Gasteiger partial charge >= 0.3 is 0 Å². The minimum Gasteiger partial charge on any atom is -0.355 e. The van der Waals surface area contributed by atoms with E-state index in [1.165, 1.54) is 6.92 Å². The molecule has 0 aliphatic carbocycles. The van der Waals surface area contributed by atoms with E-state index in [4.69, 9.17) is 11.6 Å². The molecule has 0 aliphatic heterocycles. The van der Waals surface area contributed by atoms with E-state index < -0.39 is 0 Å². The molecular weight excluding hydrogens is 291 g/mol. The number of rotatable bonds is 5. The minimum absolute atomic E-state index is 0.00858. The molecule has 0 fully saturated rings. The van der Waals surface area contributed by atoms with Gasteiger partial charge in [-0.25, -0.2) is 0 Å². The molecule has 0 bridgehead atoms. The van der Waals surface area contributed by atoms with Gasteiger partial charge in [0.1, 0.15) is 0 Å². The third-order valence-electron chi connectivity index (χ3n) is 2.00. The summed E-state index contributed by atoms with van der Waals surface area (Å²) in [5.41, 5.74) is 1.11. The van der Waals surface area contributed by atoms with Gasteiger partial charge in [-0.3, -0.25) is 4.79 Å². The molecule has 1 aromatic rings. The lowest BCUT2D eigenvalue weighted by Crippen LogP contribution is -2.29. The number of benzene rings is 1. The summed E-state index contributed by atoms with van der Waals surface area (Å²) in [4.78, 5) is 10.6. The topological polar surface area (TPSA) is 41.1 Å². The highest BCUT2D eigenvalue weighted by atomic mass is 79.9. The van der Waals surface area contributed by atoms with Crippen molar-refractivity contribution in [3.05, 3.63) is 33.3 Å². The quantitative estimate of drug-likeness (QED) is 0.820. The number of amides is 1. The summed E-state index contributed by atoms with van der Waals surface area (Å²) >= 11 is 9.35. The molecule has 0 aliphatic rings. The Morgan fingerprint density at radius 2 is 2.19 bits per heavy atom. The first-order valence-electron chi connectivity index (χ1n) is 4.98. The van der Waals surface area contributed by atoms with Crippen LogP contribution in [-0.4, -0.2) is 19.0 Å². The third-order valence-corrected chi connectivity index (χ3v) is 3.01. The Labute approximate surface area is 109 Å². The summed E-state index contributed by atoms with van der Waals surface area (Å²) in [6, 6.07) is 5.68. The van der Waals surface area contributed by atoms with Crippen LogP contribution in [0, 0.1) is 0 Å². The number of halogens is 2. The zero-order valence-corrected chi connectivity index (χ0v) is 11.4. The first-order chi connectivity index (χ1) is 7.59. The second-order valence-electron chi connectivity index (χ2n) is 3.40.